The van der Waals surface area contributed by atoms with Crippen molar-refractivity contribution >= 4 is 23.0 Å². The molecule has 0 aromatic heterocycles. The van der Waals surface area contributed by atoms with E-state index in [9.17, 15) is 4.79 Å². The van der Waals surface area contributed by atoms with E-state index in [4.69, 9.17) is 10.5 Å². The Balaban J connectivity index is 2.32. The number of hydrogen-bond acceptors (Lipinski definition) is 5. The van der Waals surface area contributed by atoms with Crippen LogP contribution in [0.4, 0.5) is 17.1 Å². The van der Waals surface area contributed by atoms with E-state index >= 15 is 0 Å². The Bertz CT molecular complexity index is 669. The second kappa shape index (κ2) is 6.17. The fourth-order valence-electron chi connectivity index (χ4n) is 1.99. The number of rotatable bonds is 4. The molecular formula is C16H18N2O3. The van der Waals surface area contributed by atoms with Crippen molar-refractivity contribution in [3.63, 3.8) is 0 Å². The maximum Gasteiger partial charge on any atom is 0.337 e. The molecule has 2 aromatic carbocycles. The molecular weight excluding hydrogens is 268 g/mol. The van der Waals surface area contributed by atoms with E-state index in [2.05, 4.69) is 10.1 Å². The minimum Gasteiger partial charge on any atom is -0.495 e. The summed E-state index contributed by atoms with van der Waals surface area (Å²) in [6, 6.07) is 10.8. The molecule has 2 aromatic rings. The Morgan fingerprint density at radius 3 is 2.48 bits per heavy atom. The van der Waals surface area contributed by atoms with Gasteiger partial charge in [-0.15, -0.1) is 0 Å². The molecule has 5 nitrogen and oxygen atoms in total. The topological polar surface area (TPSA) is 73.6 Å². The standard InChI is InChI=1S/C16H18N2O3/c1-10-4-7-15(20-2)14(8-10)18-13-6-5-11(9-12(13)17)16(19)21-3/h4-9,18H,17H2,1-3H3. The first-order chi connectivity index (χ1) is 10.0. The van der Waals surface area contributed by atoms with Crippen LogP contribution in [-0.2, 0) is 4.74 Å². The normalized spacial score (nSPS) is 10.0. The average Bonchev–Trinajstić information content (AvgIpc) is 2.48. The molecule has 0 fully saturated rings. The van der Waals surface area contributed by atoms with Crippen LogP contribution in [-0.4, -0.2) is 20.2 Å². The second-order valence-corrected chi connectivity index (χ2v) is 4.62. The van der Waals surface area contributed by atoms with Crippen LogP contribution in [0.15, 0.2) is 36.4 Å². The van der Waals surface area contributed by atoms with Gasteiger partial charge in [0.2, 0.25) is 0 Å². The zero-order chi connectivity index (χ0) is 15.4. The van der Waals surface area contributed by atoms with Crippen LogP contribution >= 0.6 is 0 Å². The van der Waals surface area contributed by atoms with Gasteiger partial charge in [0, 0.05) is 0 Å². The Hall–Kier alpha value is -2.69. The fourth-order valence-corrected chi connectivity index (χ4v) is 1.99. The predicted molar refractivity (Wildman–Crippen MR) is 83.2 cm³/mol. The highest BCUT2D eigenvalue weighted by Crippen LogP contribution is 2.31. The predicted octanol–water partition coefficient (Wildman–Crippen LogP) is 3.12. The largest absolute Gasteiger partial charge is 0.495 e. The lowest BCUT2D eigenvalue weighted by atomic mass is 10.1. The van der Waals surface area contributed by atoms with Crippen molar-refractivity contribution in [2.24, 2.45) is 0 Å². The summed E-state index contributed by atoms with van der Waals surface area (Å²) in [5.41, 5.74) is 9.47. The molecule has 0 aliphatic carbocycles. The van der Waals surface area contributed by atoms with Gasteiger partial charge in [-0.05, 0) is 42.8 Å². The number of carbonyl (C=O) groups is 1. The quantitative estimate of drug-likeness (QED) is 0.667. The number of nitrogens with two attached hydrogens (primary N) is 1. The summed E-state index contributed by atoms with van der Waals surface area (Å²) in [5.74, 6) is 0.304. The van der Waals surface area contributed by atoms with Gasteiger partial charge in [0.05, 0.1) is 36.8 Å². The molecule has 0 saturated heterocycles. The van der Waals surface area contributed by atoms with Crippen molar-refractivity contribution in [2.75, 3.05) is 25.3 Å². The molecule has 0 aliphatic heterocycles. The highest BCUT2D eigenvalue weighted by Gasteiger charge is 2.10. The van der Waals surface area contributed by atoms with E-state index in [-0.39, 0.29) is 0 Å². The van der Waals surface area contributed by atoms with Crippen molar-refractivity contribution in [3.8, 4) is 5.75 Å². The molecule has 3 N–H and O–H groups in total. The number of ether oxygens (including phenoxy) is 2. The lowest BCUT2D eigenvalue weighted by Crippen LogP contribution is -2.04. The maximum absolute atomic E-state index is 11.5. The van der Waals surface area contributed by atoms with E-state index in [0.29, 0.717) is 16.9 Å². The van der Waals surface area contributed by atoms with Crippen molar-refractivity contribution in [2.45, 2.75) is 6.92 Å². The first kappa shape index (κ1) is 14.7. The molecule has 0 unspecified atom stereocenters. The number of methoxy groups -OCH3 is 2. The van der Waals surface area contributed by atoms with Gasteiger partial charge in [0.15, 0.2) is 0 Å². The minimum absolute atomic E-state index is 0.414. The lowest BCUT2D eigenvalue weighted by molar-refractivity contribution is 0.0601. The summed E-state index contributed by atoms with van der Waals surface area (Å²) in [5, 5.41) is 3.21. The first-order valence-electron chi connectivity index (χ1n) is 6.44. The van der Waals surface area contributed by atoms with E-state index in [1.165, 1.54) is 7.11 Å². The van der Waals surface area contributed by atoms with Crippen LogP contribution in [0, 0.1) is 6.92 Å². The first-order valence-corrected chi connectivity index (χ1v) is 6.44. The summed E-state index contributed by atoms with van der Waals surface area (Å²) < 4.78 is 9.98. The summed E-state index contributed by atoms with van der Waals surface area (Å²) in [7, 11) is 2.95. The molecule has 0 spiro atoms. The van der Waals surface area contributed by atoms with E-state index < -0.39 is 5.97 Å². The van der Waals surface area contributed by atoms with Crippen molar-refractivity contribution in [1.82, 2.24) is 0 Å². The zero-order valence-electron chi connectivity index (χ0n) is 12.3. The Kier molecular flexibility index (Phi) is 4.33. The number of hydrogen-bond donors (Lipinski definition) is 2. The third-order valence-electron chi connectivity index (χ3n) is 3.10. The third kappa shape index (κ3) is 3.25. The number of benzene rings is 2. The van der Waals surface area contributed by atoms with Crippen LogP contribution in [0.2, 0.25) is 0 Å². The molecule has 0 heterocycles. The summed E-state index contributed by atoms with van der Waals surface area (Å²) in [4.78, 5) is 11.5. The van der Waals surface area contributed by atoms with Crippen LogP contribution < -0.4 is 15.8 Å². The van der Waals surface area contributed by atoms with E-state index in [0.717, 1.165) is 17.0 Å². The minimum atomic E-state index is -0.415. The molecule has 21 heavy (non-hydrogen) atoms. The number of carbonyl (C=O) groups excluding carboxylic acids is 1. The van der Waals surface area contributed by atoms with Gasteiger partial charge in [-0.2, -0.15) is 0 Å². The highest BCUT2D eigenvalue weighted by molar-refractivity contribution is 5.92. The summed E-state index contributed by atoms with van der Waals surface area (Å²) >= 11 is 0. The maximum atomic E-state index is 11.5. The van der Waals surface area contributed by atoms with Crippen LogP contribution in [0.25, 0.3) is 0 Å². The summed E-state index contributed by atoms with van der Waals surface area (Å²) in [6.45, 7) is 1.99. The molecule has 5 heteroatoms. The van der Waals surface area contributed by atoms with Crippen molar-refractivity contribution in [1.29, 1.82) is 0 Å². The fraction of sp³-hybridized carbons (Fsp3) is 0.188. The third-order valence-corrected chi connectivity index (χ3v) is 3.10. The van der Waals surface area contributed by atoms with Crippen molar-refractivity contribution < 1.29 is 14.3 Å². The monoisotopic (exact) mass is 286 g/mol. The number of anilines is 3. The second-order valence-electron chi connectivity index (χ2n) is 4.62. The van der Waals surface area contributed by atoms with Gasteiger partial charge in [0.1, 0.15) is 5.75 Å². The Labute approximate surface area is 123 Å². The van der Waals surface area contributed by atoms with Crippen molar-refractivity contribution in [3.05, 3.63) is 47.5 Å². The summed E-state index contributed by atoms with van der Waals surface area (Å²) in [6.07, 6.45) is 0. The molecule has 2 rings (SSSR count). The molecule has 0 amide bonds. The van der Waals surface area contributed by atoms with Gasteiger partial charge in [0.25, 0.3) is 0 Å². The zero-order valence-corrected chi connectivity index (χ0v) is 12.3. The lowest BCUT2D eigenvalue weighted by Gasteiger charge is -2.14. The van der Waals surface area contributed by atoms with Gasteiger partial charge in [-0.25, -0.2) is 4.79 Å². The highest BCUT2D eigenvalue weighted by atomic mass is 16.5. The molecule has 0 bridgehead atoms. The molecule has 110 valence electrons. The van der Waals surface area contributed by atoms with Crippen LogP contribution in [0.1, 0.15) is 15.9 Å². The molecule has 0 aliphatic rings. The van der Waals surface area contributed by atoms with Gasteiger partial charge in [-0.1, -0.05) is 6.07 Å². The smallest absolute Gasteiger partial charge is 0.337 e. The van der Waals surface area contributed by atoms with E-state index in [1.807, 2.05) is 25.1 Å². The molecule has 0 radical (unpaired) electrons. The van der Waals surface area contributed by atoms with Crippen LogP contribution in [0.3, 0.4) is 0 Å². The van der Waals surface area contributed by atoms with Gasteiger partial charge in [-0.3, -0.25) is 0 Å². The van der Waals surface area contributed by atoms with Gasteiger partial charge < -0.3 is 20.5 Å². The Morgan fingerprint density at radius 2 is 1.86 bits per heavy atom. The number of esters is 1. The molecule has 0 saturated carbocycles. The van der Waals surface area contributed by atoms with E-state index in [1.54, 1.807) is 25.3 Å². The Morgan fingerprint density at radius 1 is 1.10 bits per heavy atom. The SMILES string of the molecule is COC(=O)c1ccc(Nc2cc(C)ccc2OC)c(N)c1. The number of nitrogen functional groups attached to an aromatic ring is 1. The molecule has 0 atom stereocenters. The van der Waals surface area contributed by atoms with Crippen LogP contribution in [0.5, 0.6) is 5.75 Å². The number of aryl methyl sites for hydroxylation is 1. The average molecular weight is 286 g/mol. The van der Waals surface area contributed by atoms with Gasteiger partial charge >= 0.3 is 5.97 Å². The number of nitrogens with one attached hydrogen (secondary N) is 1.